The lowest BCUT2D eigenvalue weighted by molar-refractivity contribution is -0.135. The average Bonchev–Trinajstić information content (AvgIpc) is 3.06. The van der Waals surface area contributed by atoms with Crippen LogP contribution in [0.15, 0.2) is 105 Å². The molecule has 0 aliphatic heterocycles. The Morgan fingerprint density at radius 3 is 1.09 bits per heavy atom. The second kappa shape index (κ2) is 15.7. The maximum atomic E-state index is 12.8. The van der Waals surface area contributed by atoms with Gasteiger partial charge in [0.15, 0.2) is 31.2 Å². The van der Waals surface area contributed by atoms with E-state index in [1.807, 2.05) is 0 Å². The normalized spacial score (nSPS) is 12.3. The molecule has 54 heavy (non-hydrogen) atoms. The van der Waals surface area contributed by atoms with Crippen LogP contribution >= 0.6 is 0 Å². The number of rotatable bonds is 14. The van der Waals surface area contributed by atoms with E-state index in [0.717, 1.165) is 84.9 Å². The highest BCUT2D eigenvalue weighted by molar-refractivity contribution is 7.92. The summed E-state index contributed by atoms with van der Waals surface area (Å²) in [5.41, 5.74) is -0.919. The van der Waals surface area contributed by atoms with E-state index in [2.05, 4.69) is 10.6 Å². The molecule has 22 heteroatoms. The highest BCUT2D eigenvalue weighted by Gasteiger charge is 2.22. The summed E-state index contributed by atoms with van der Waals surface area (Å²) < 4.78 is 117. The second-order valence-corrected chi connectivity index (χ2v) is 17.8. The standard InChI is InChI=1S/C32H26N2O16S4/c35-29(36)17-51(41,42)25-11-5-21(6-12-25)31(39)33-23-9-3-19(27(15-23)53(45,46)47)1-2-20-4-10-24(16-28(20)54(48,49)50)34-32(40)22-7-13-26(14-8-22)52(43,44)18-30(37)38/h1-16H,17-18H2,(H,33,39)(H,34,40)(H,35,36)(H,37,38)(H,45,46,47)(H,48,49,50)/b2-1+. The van der Waals surface area contributed by atoms with E-state index in [-0.39, 0.29) is 43.4 Å². The number of anilines is 2. The van der Waals surface area contributed by atoms with Gasteiger partial charge in [0.2, 0.25) is 0 Å². The Bertz CT molecular complexity index is 2470. The zero-order valence-corrected chi connectivity index (χ0v) is 30.2. The molecule has 0 unspecified atom stereocenters. The third kappa shape index (κ3) is 10.4. The minimum absolute atomic E-state index is 0.0969. The molecule has 0 aliphatic carbocycles. The number of carboxylic acids is 2. The summed E-state index contributed by atoms with van der Waals surface area (Å²) in [6.07, 6.45) is 2.13. The monoisotopic (exact) mass is 822 g/mol. The van der Waals surface area contributed by atoms with Gasteiger partial charge in [0.1, 0.15) is 9.79 Å². The molecule has 284 valence electrons. The first-order valence-electron chi connectivity index (χ1n) is 14.6. The molecule has 0 atom stereocenters. The van der Waals surface area contributed by atoms with Crippen LogP contribution in [0, 0.1) is 0 Å². The molecule has 0 bridgehead atoms. The number of carboxylic acid groups (broad SMARTS) is 2. The van der Waals surface area contributed by atoms with E-state index in [0.29, 0.717) is 0 Å². The van der Waals surface area contributed by atoms with Crippen LogP contribution < -0.4 is 10.6 Å². The van der Waals surface area contributed by atoms with E-state index in [1.165, 1.54) is 12.1 Å². The smallest absolute Gasteiger partial charge is 0.319 e. The molecule has 2 amide bonds. The van der Waals surface area contributed by atoms with Crippen molar-refractivity contribution in [2.24, 2.45) is 0 Å². The Morgan fingerprint density at radius 1 is 0.500 bits per heavy atom. The van der Waals surface area contributed by atoms with E-state index >= 15 is 0 Å². The fraction of sp³-hybridized carbons (Fsp3) is 0.0625. The summed E-state index contributed by atoms with van der Waals surface area (Å²) >= 11 is 0. The molecule has 0 fully saturated rings. The number of nitrogens with one attached hydrogen (secondary N) is 2. The van der Waals surface area contributed by atoms with Crippen LogP contribution in [0.1, 0.15) is 31.8 Å². The summed E-state index contributed by atoms with van der Waals surface area (Å²) in [6.45, 7) is 0. The van der Waals surface area contributed by atoms with Gasteiger partial charge in [-0.05, 0) is 83.9 Å². The summed E-state index contributed by atoms with van der Waals surface area (Å²) in [4.78, 5) is 45.0. The topological polar surface area (TPSA) is 310 Å². The number of benzene rings is 4. The van der Waals surface area contributed by atoms with Gasteiger partial charge < -0.3 is 20.8 Å². The van der Waals surface area contributed by atoms with Gasteiger partial charge in [-0.1, -0.05) is 24.3 Å². The minimum atomic E-state index is -4.99. The number of amides is 2. The van der Waals surface area contributed by atoms with Crippen molar-refractivity contribution in [2.45, 2.75) is 19.6 Å². The van der Waals surface area contributed by atoms with Crippen molar-refractivity contribution in [3.8, 4) is 0 Å². The minimum Gasteiger partial charge on any atom is -0.480 e. The molecule has 0 heterocycles. The predicted molar refractivity (Wildman–Crippen MR) is 190 cm³/mol. The van der Waals surface area contributed by atoms with Crippen molar-refractivity contribution in [3.05, 3.63) is 107 Å². The maximum Gasteiger partial charge on any atom is 0.319 e. The fourth-order valence-corrected chi connectivity index (χ4v) is 8.16. The molecule has 0 saturated carbocycles. The number of hydrogen-bond donors (Lipinski definition) is 6. The lowest BCUT2D eigenvalue weighted by atomic mass is 10.1. The molecule has 0 aromatic heterocycles. The molecular formula is C32H26N2O16S4. The molecule has 0 saturated heterocycles. The van der Waals surface area contributed by atoms with Gasteiger partial charge in [-0.2, -0.15) is 16.8 Å². The first-order valence-corrected chi connectivity index (χ1v) is 20.8. The zero-order valence-electron chi connectivity index (χ0n) is 27.0. The van der Waals surface area contributed by atoms with E-state index < -0.39 is 85.0 Å². The Morgan fingerprint density at radius 2 is 0.815 bits per heavy atom. The molecule has 4 aromatic rings. The maximum absolute atomic E-state index is 12.8. The van der Waals surface area contributed by atoms with Crippen molar-refractivity contribution in [1.29, 1.82) is 0 Å². The molecule has 0 radical (unpaired) electrons. The third-order valence-corrected chi connectivity index (χ3v) is 12.2. The first-order chi connectivity index (χ1) is 25.0. The van der Waals surface area contributed by atoms with E-state index in [4.69, 9.17) is 10.2 Å². The molecule has 0 aliphatic rings. The summed E-state index contributed by atoms with van der Waals surface area (Å²) in [5.74, 6) is -7.19. The Labute approximate surface area is 307 Å². The van der Waals surface area contributed by atoms with Gasteiger partial charge in [-0.3, -0.25) is 28.3 Å². The first kappa shape index (κ1) is 41.0. The van der Waals surface area contributed by atoms with E-state index in [1.54, 1.807) is 0 Å². The second-order valence-electron chi connectivity index (χ2n) is 11.1. The zero-order chi connectivity index (χ0) is 40.2. The van der Waals surface area contributed by atoms with Crippen LogP contribution in [0.2, 0.25) is 0 Å². The molecule has 0 spiro atoms. The lowest BCUT2D eigenvalue weighted by Crippen LogP contribution is -2.16. The Balaban J connectivity index is 1.57. The van der Waals surface area contributed by atoms with Crippen molar-refractivity contribution in [1.82, 2.24) is 0 Å². The molecule has 4 rings (SSSR count). The predicted octanol–water partition coefficient (Wildman–Crippen LogP) is 2.57. The van der Waals surface area contributed by atoms with Crippen LogP contribution in [-0.4, -0.2) is 88.2 Å². The van der Waals surface area contributed by atoms with Gasteiger partial charge in [-0.15, -0.1) is 0 Å². The SMILES string of the molecule is O=C(O)CS(=O)(=O)c1ccc(C(=O)Nc2ccc(/C=C/c3ccc(NC(=O)c4ccc(S(=O)(=O)CC(=O)O)cc4)cc3S(=O)(=O)O)c(S(=O)(=O)O)c2)cc1. The van der Waals surface area contributed by atoms with Crippen LogP contribution in [0.4, 0.5) is 11.4 Å². The van der Waals surface area contributed by atoms with Crippen LogP contribution in [0.3, 0.4) is 0 Å². The molecule has 4 aromatic carbocycles. The number of sulfone groups is 2. The number of hydrogen-bond acceptors (Lipinski definition) is 12. The van der Waals surface area contributed by atoms with Crippen molar-refractivity contribution in [3.63, 3.8) is 0 Å². The lowest BCUT2D eigenvalue weighted by Gasteiger charge is -2.11. The van der Waals surface area contributed by atoms with Crippen LogP contribution in [0.5, 0.6) is 0 Å². The van der Waals surface area contributed by atoms with Gasteiger partial charge in [0, 0.05) is 22.5 Å². The summed E-state index contributed by atoms with van der Waals surface area (Å²) in [5, 5.41) is 22.3. The molecule has 18 nitrogen and oxygen atoms in total. The van der Waals surface area contributed by atoms with Gasteiger partial charge in [-0.25, -0.2) is 16.8 Å². The van der Waals surface area contributed by atoms with Crippen molar-refractivity contribution >= 4 is 87.2 Å². The largest absolute Gasteiger partial charge is 0.480 e. The van der Waals surface area contributed by atoms with Crippen molar-refractivity contribution in [2.75, 3.05) is 22.1 Å². The number of carbonyl (C=O) groups excluding carboxylic acids is 2. The quantitative estimate of drug-likeness (QED) is 0.0786. The van der Waals surface area contributed by atoms with Gasteiger partial charge in [0.25, 0.3) is 32.1 Å². The molecule has 6 N–H and O–H groups in total. The fourth-order valence-electron chi connectivity index (χ4n) is 4.65. The number of aliphatic carboxylic acids is 2. The summed E-state index contributed by atoms with van der Waals surface area (Å²) in [7, 11) is -18.3. The Kier molecular flexibility index (Phi) is 11.9. The molecular weight excluding hydrogens is 797 g/mol. The van der Waals surface area contributed by atoms with Crippen LogP contribution in [0.25, 0.3) is 12.2 Å². The van der Waals surface area contributed by atoms with Crippen molar-refractivity contribution < 1.29 is 72.2 Å². The third-order valence-electron chi connectivity index (χ3n) is 7.12. The van der Waals surface area contributed by atoms with Gasteiger partial charge in [0.05, 0.1) is 9.79 Å². The van der Waals surface area contributed by atoms with Crippen LogP contribution in [-0.2, 0) is 49.5 Å². The summed E-state index contributed by atoms with van der Waals surface area (Å²) in [6, 6.07) is 14.8. The highest BCUT2D eigenvalue weighted by atomic mass is 32.2. The Hall–Kier alpha value is -5.78. The average molecular weight is 823 g/mol. The van der Waals surface area contributed by atoms with E-state index in [9.17, 15) is 62.0 Å². The highest BCUT2D eigenvalue weighted by Crippen LogP contribution is 2.27. The van der Waals surface area contributed by atoms with Gasteiger partial charge >= 0.3 is 11.9 Å². The number of carbonyl (C=O) groups is 4.